The summed E-state index contributed by atoms with van der Waals surface area (Å²) < 4.78 is 5.84. The Morgan fingerprint density at radius 1 is 1.00 bits per heavy atom. The molecule has 1 amide bonds. The third-order valence-corrected chi connectivity index (χ3v) is 6.08. The van der Waals surface area contributed by atoms with Gasteiger partial charge in [0.25, 0.3) is 5.91 Å². The summed E-state index contributed by atoms with van der Waals surface area (Å²) in [5, 5.41) is 23.6. The molecule has 0 saturated carbocycles. The second-order valence-electron chi connectivity index (χ2n) is 7.98. The van der Waals surface area contributed by atoms with Gasteiger partial charge in [-0.05, 0) is 77.4 Å². The number of hydrogen-bond donors (Lipinski definition) is 2. The number of rotatable bonds is 11. The predicted octanol–water partition coefficient (Wildman–Crippen LogP) is 0.690. The van der Waals surface area contributed by atoms with Crippen molar-refractivity contribution in [2.45, 2.75) is 32.6 Å². The summed E-state index contributed by atoms with van der Waals surface area (Å²) in [5.41, 5.74) is 4.81. The van der Waals surface area contributed by atoms with Crippen molar-refractivity contribution in [3.05, 3.63) is 89.0 Å². The number of hydrogen-bond acceptors (Lipinski definition) is 6. The van der Waals surface area contributed by atoms with Crippen LogP contribution in [0.15, 0.2) is 66.7 Å². The molecule has 0 aliphatic heterocycles. The van der Waals surface area contributed by atoms with E-state index in [1.807, 2.05) is 49.6 Å². The van der Waals surface area contributed by atoms with Gasteiger partial charge in [-0.3, -0.25) is 4.79 Å². The molecule has 0 aromatic heterocycles. The van der Waals surface area contributed by atoms with Crippen molar-refractivity contribution in [2.75, 3.05) is 12.0 Å². The number of phenolic OH excluding ortho intramolecular Hbond substituents is 1. The Balaban J connectivity index is 0.00000432. The second kappa shape index (κ2) is 14.0. The molecule has 2 N–H and O–H groups in total. The van der Waals surface area contributed by atoms with Gasteiger partial charge >= 0.3 is 18.9 Å². The van der Waals surface area contributed by atoms with Crippen molar-refractivity contribution in [1.82, 2.24) is 5.32 Å². The molecule has 6 nitrogen and oxygen atoms in total. The summed E-state index contributed by atoms with van der Waals surface area (Å²) in [5.74, 6) is -0.944. The van der Waals surface area contributed by atoms with Crippen LogP contribution in [0.25, 0.3) is 11.1 Å². The van der Waals surface area contributed by atoms with Gasteiger partial charge in [0.15, 0.2) is 0 Å². The van der Waals surface area contributed by atoms with Crippen LogP contribution in [0, 0.1) is 6.92 Å². The van der Waals surface area contributed by atoms with E-state index in [2.05, 4.69) is 5.32 Å². The van der Waals surface area contributed by atoms with Crippen molar-refractivity contribution < 1.29 is 43.4 Å². The molecule has 3 aromatic rings. The Labute approximate surface area is 222 Å². The molecule has 0 unspecified atom stereocenters. The minimum atomic E-state index is -1.29. The maximum Gasteiger partial charge on any atom is 1.00 e. The maximum atomic E-state index is 13.1. The number of nitrogens with one attached hydrogen (secondary N) is 1. The number of ether oxygens (including phenoxy) is 1. The van der Waals surface area contributed by atoms with E-state index in [4.69, 9.17) is 4.74 Å². The number of aryl methyl sites for hydroxylation is 1. The molecule has 0 saturated heterocycles. The van der Waals surface area contributed by atoms with Crippen LogP contribution in [0.1, 0.15) is 33.5 Å². The topological polar surface area (TPSA) is 98.7 Å². The first-order chi connectivity index (χ1) is 16.4. The van der Waals surface area contributed by atoms with Crippen molar-refractivity contribution in [1.29, 1.82) is 0 Å². The first-order valence-electron chi connectivity index (χ1n) is 10.9. The van der Waals surface area contributed by atoms with Crippen LogP contribution in [-0.4, -0.2) is 35.0 Å². The summed E-state index contributed by atoms with van der Waals surface area (Å²) in [7, 11) is 0. The fourth-order valence-corrected chi connectivity index (χ4v) is 4.05. The Kier molecular flexibility index (Phi) is 11.4. The molecular formula is C27H28LiNO5S. The van der Waals surface area contributed by atoms with Crippen molar-refractivity contribution in [3.8, 4) is 16.9 Å². The number of thioether (sulfide) groups is 1. The zero-order valence-corrected chi connectivity index (χ0v) is 21.1. The summed E-state index contributed by atoms with van der Waals surface area (Å²) >= 11 is 1.51. The molecule has 0 bridgehead atoms. The molecule has 8 heteroatoms. The van der Waals surface area contributed by atoms with Gasteiger partial charge in [-0.25, -0.2) is 0 Å². The monoisotopic (exact) mass is 485 g/mol. The van der Waals surface area contributed by atoms with Crippen LogP contribution in [0.5, 0.6) is 5.75 Å². The van der Waals surface area contributed by atoms with Crippen molar-refractivity contribution in [2.24, 2.45) is 0 Å². The smallest absolute Gasteiger partial charge is 0.548 e. The number of carbonyl (C=O) groups is 2. The Morgan fingerprint density at radius 2 is 1.66 bits per heavy atom. The quantitative estimate of drug-likeness (QED) is 0.388. The van der Waals surface area contributed by atoms with Crippen LogP contribution in [0.4, 0.5) is 0 Å². The Hall–Kier alpha value is -2.69. The number of amides is 1. The molecule has 35 heavy (non-hydrogen) atoms. The average Bonchev–Trinajstić information content (AvgIpc) is 2.83. The zero-order chi connectivity index (χ0) is 24.5. The fourth-order valence-electron chi connectivity index (χ4n) is 3.58. The molecule has 0 spiro atoms. The third-order valence-electron chi connectivity index (χ3n) is 5.44. The van der Waals surface area contributed by atoms with E-state index in [9.17, 15) is 19.8 Å². The largest absolute Gasteiger partial charge is 1.00 e. The molecule has 0 radical (unpaired) electrons. The van der Waals surface area contributed by atoms with E-state index < -0.39 is 17.9 Å². The van der Waals surface area contributed by atoms with Gasteiger partial charge in [-0.2, -0.15) is 11.8 Å². The number of aromatic hydroxyl groups is 1. The number of carboxylic acid groups (broad SMARTS) is 1. The predicted molar refractivity (Wildman–Crippen MR) is 132 cm³/mol. The van der Waals surface area contributed by atoms with Crippen LogP contribution in [0.2, 0.25) is 0 Å². The molecule has 0 heterocycles. The molecule has 178 valence electrons. The van der Waals surface area contributed by atoms with E-state index in [-0.39, 0.29) is 31.0 Å². The minimum absolute atomic E-state index is 0. The van der Waals surface area contributed by atoms with E-state index >= 15 is 0 Å². The van der Waals surface area contributed by atoms with Gasteiger partial charge in [0.1, 0.15) is 5.75 Å². The Morgan fingerprint density at radius 3 is 2.31 bits per heavy atom. The number of phenols is 1. The first-order valence-corrected chi connectivity index (χ1v) is 12.3. The number of benzene rings is 3. The molecule has 0 aliphatic rings. The molecule has 3 aromatic carbocycles. The average molecular weight is 486 g/mol. The standard InChI is InChI=1S/C27H29NO5S.Li/c1-18-5-3-4-6-22(18)24-15-20(17-33-16-19-7-10-21(29)11-8-19)9-12-23(24)26(30)28-25(27(31)32)13-14-34-2;/h3-12,15,25,29H,13-14,16-17H2,1-2H3,(H,28,30)(H,31,32);/q;+1/p-1/t25-;/m0./s1. The molecular weight excluding hydrogens is 457 g/mol. The van der Waals surface area contributed by atoms with E-state index in [1.165, 1.54) is 11.8 Å². The van der Waals surface area contributed by atoms with Crippen LogP contribution >= 0.6 is 11.8 Å². The van der Waals surface area contributed by atoms with Gasteiger partial charge in [0.05, 0.1) is 25.2 Å². The molecule has 0 aliphatic carbocycles. The fraction of sp³-hybridized carbons (Fsp3) is 0.259. The van der Waals surface area contributed by atoms with E-state index in [0.29, 0.717) is 30.1 Å². The van der Waals surface area contributed by atoms with Gasteiger partial charge in [0, 0.05) is 5.56 Å². The molecule has 3 rings (SSSR count). The van der Waals surface area contributed by atoms with Gasteiger partial charge in [-0.15, -0.1) is 0 Å². The number of carbonyl (C=O) groups excluding carboxylic acids is 2. The maximum absolute atomic E-state index is 13.1. The zero-order valence-electron chi connectivity index (χ0n) is 20.2. The molecule has 1 atom stereocenters. The summed E-state index contributed by atoms with van der Waals surface area (Å²) in [6, 6.07) is 18.9. The molecule has 0 fully saturated rings. The SMILES string of the molecule is CSCC[C@H](NC(=O)c1ccc(COCc2ccc(O)cc2)cc1-c1ccccc1C)C(=O)[O-].[Li+]. The van der Waals surface area contributed by atoms with Gasteiger partial charge in [0.2, 0.25) is 0 Å². The van der Waals surface area contributed by atoms with E-state index in [1.54, 1.807) is 30.3 Å². The summed E-state index contributed by atoms with van der Waals surface area (Å²) in [4.78, 5) is 24.6. The van der Waals surface area contributed by atoms with Gasteiger partial charge in [-0.1, -0.05) is 42.5 Å². The number of carboxylic acids is 1. The summed E-state index contributed by atoms with van der Waals surface area (Å²) in [6.45, 7) is 2.68. The number of aliphatic carboxylic acids is 1. The first kappa shape index (κ1) is 28.5. The third kappa shape index (κ3) is 8.19. The van der Waals surface area contributed by atoms with Crippen LogP contribution in [-0.2, 0) is 22.7 Å². The Bertz CT molecular complexity index is 1140. The van der Waals surface area contributed by atoms with Crippen LogP contribution in [0.3, 0.4) is 0 Å². The normalized spacial score (nSPS) is 11.4. The van der Waals surface area contributed by atoms with Gasteiger partial charge < -0.3 is 25.1 Å². The van der Waals surface area contributed by atoms with E-state index in [0.717, 1.165) is 22.3 Å². The summed E-state index contributed by atoms with van der Waals surface area (Å²) in [6.07, 6.45) is 2.17. The second-order valence-corrected chi connectivity index (χ2v) is 8.97. The van der Waals surface area contributed by atoms with Crippen LogP contribution < -0.4 is 29.3 Å². The van der Waals surface area contributed by atoms with Crippen molar-refractivity contribution >= 4 is 23.6 Å². The van der Waals surface area contributed by atoms with Crippen molar-refractivity contribution in [3.63, 3.8) is 0 Å². The minimum Gasteiger partial charge on any atom is -0.548 e.